The molecule has 0 aliphatic carbocycles. The van der Waals surface area contributed by atoms with Gasteiger partial charge in [0.1, 0.15) is 5.78 Å². The minimum absolute atomic E-state index is 0. The van der Waals surface area contributed by atoms with Gasteiger partial charge in [-0.1, -0.05) is 34.3 Å². The van der Waals surface area contributed by atoms with E-state index >= 15 is 0 Å². The molecule has 2 fully saturated rings. The number of carbonyl (C=O) groups excluding carboxylic acids is 2. The van der Waals surface area contributed by atoms with Gasteiger partial charge in [0.25, 0.3) is 0 Å². The molecule has 0 spiro atoms. The van der Waals surface area contributed by atoms with Crippen molar-refractivity contribution in [3.05, 3.63) is 18.0 Å². The van der Waals surface area contributed by atoms with E-state index in [-0.39, 0.29) is 31.3 Å². The molecule has 0 aromatic heterocycles. The fourth-order valence-electron chi connectivity index (χ4n) is 3.44. The molecule has 3 atom stereocenters. The smallest absolute Gasteiger partial charge is 0.157 e. The summed E-state index contributed by atoms with van der Waals surface area (Å²) in [7, 11) is 0. The van der Waals surface area contributed by atoms with Crippen LogP contribution < -0.4 is 5.32 Å². The maximum absolute atomic E-state index is 12.4. The Kier molecular flexibility index (Phi) is 7.74. The molecular formula is C19H34N2O2. The molecule has 0 amide bonds. The molecule has 2 aliphatic rings. The molecule has 2 heterocycles. The number of hydrogen-bond acceptors (Lipinski definition) is 4. The molecule has 4 nitrogen and oxygen atoms in total. The van der Waals surface area contributed by atoms with Crippen LogP contribution in [0.15, 0.2) is 18.0 Å². The maximum atomic E-state index is 12.4. The van der Waals surface area contributed by atoms with Crippen molar-refractivity contribution >= 4 is 11.6 Å². The number of hydrogen-bond donors (Lipinski definition) is 1. The van der Waals surface area contributed by atoms with Crippen LogP contribution in [0.25, 0.3) is 0 Å². The van der Waals surface area contributed by atoms with E-state index in [1.54, 1.807) is 6.92 Å². The van der Waals surface area contributed by atoms with Crippen LogP contribution in [-0.4, -0.2) is 41.1 Å². The highest BCUT2D eigenvalue weighted by Gasteiger charge is 2.38. The first-order valence-corrected chi connectivity index (χ1v) is 8.92. The SMILES string of the molecule is C=C=C([C@H]1CC[C@@H](C(C)=O)N1)N1CCC[C@H]1C(=O)C(C)C.CC.[HH]. The highest BCUT2D eigenvalue weighted by Crippen LogP contribution is 2.29. The maximum Gasteiger partial charge on any atom is 0.157 e. The summed E-state index contributed by atoms with van der Waals surface area (Å²) in [6.07, 6.45) is 3.69. The van der Waals surface area contributed by atoms with Crippen molar-refractivity contribution in [1.29, 1.82) is 0 Å². The molecule has 1 N–H and O–H groups in total. The molecule has 132 valence electrons. The fraction of sp³-hybridized carbons (Fsp3) is 0.737. The Morgan fingerprint density at radius 3 is 2.30 bits per heavy atom. The largest absolute Gasteiger partial charge is 0.357 e. The zero-order valence-electron chi connectivity index (χ0n) is 15.3. The van der Waals surface area contributed by atoms with Gasteiger partial charge in [-0.05, 0) is 32.6 Å². The molecule has 0 radical (unpaired) electrons. The van der Waals surface area contributed by atoms with Crippen molar-refractivity contribution in [3.8, 4) is 0 Å². The van der Waals surface area contributed by atoms with Gasteiger partial charge in [-0.15, -0.1) is 5.73 Å². The van der Waals surface area contributed by atoms with E-state index in [2.05, 4.69) is 22.5 Å². The van der Waals surface area contributed by atoms with Crippen LogP contribution in [0.5, 0.6) is 0 Å². The Morgan fingerprint density at radius 2 is 1.83 bits per heavy atom. The molecular weight excluding hydrogens is 288 g/mol. The van der Waals surface area contributed by atoms with Gasteiger partial charge in [-0.25, -0.2) is 0 Å². The van der Waals surface area contributed by atoms with Crippen LogP contribution in [0.2, 0.25) is 0 Å². The lowest BCUT2D eigenvalue weighted by Crippen LogP contribution is -2.44. The first-order valence-electron chi connectivity index (χ1n) is 8.92. The van der Waals surface area contributed by atoms with E-state index in [1.807, 2.05) is 27.7 Å². The Labute approximate surface area is 142 Å². The third-order valence-corrected chi connectivity index (χ3v) is 4.61. The Balaban J connectivity index is 0.00000170. The second kappa shape index (κ2) is 9.05. The molecule has 0 unspecified atom stereocenters. The van der Waals surface area contributed by atoms with Crippen molar-refractivity contribution < 1.29 is 11.0 Å². The van der Waals surface area contributed by atoms with Crippen LogP contribution in [0.3, 0.4) is 0 Å². The van der Waals surface area contributed by atoms with Gasteiger partial charge < -0.3 is 4.90 Å². The van der Waals surface area contributed by atoms with Gasteiger partial charge in [0, 0.05) is 13.9 Å². The van der Waals surface area contributed by atoms with Gasteiger partial charge in [0.15, 0.2) is 5.78 Å². The van der Waals surface area contributed by atoms with Crippen LogP contribution >= 0.6 is 0 Å². The highest BCUT2D eigenvalue weighted by atomic mass is 16.1. The standard InChI is InChI=1S/C17H26N2O2.C2H6.H2/c1-5-15(14-9-8-13(18-14)12(4)20)19-10-6-7-16(19)17(21)11(2)3;1-2;/h11,13-14,16,18H,1,6-10H2,2-4H3;1-2H3;1H/t13-,14+,16-;;/m0../s1. The quantitative estimate of drug-likeness (QED) is 0.789. The third kappa shape index (κ3) is 4.55. The summed E-state index contributed by atoms with van der Waals surface area (Å²) in [4.78, 5) is 26.1. The Morgan fingerprint density at radius 1 is 1.22 bits per heavy atom. The van der Waals surface area contributed by atoms with Gasteiger partial charge in [-0.2, -0.15) is 0 Å². The van der Waals surface area contributed by atoms with Crippen LogP contribution in [0.1, 0.15) is 61.7 Å². The lowest BCUT2D eigenvalue weighted by molar-refractivity contribution is -0.125. The number of nitrogens with zero attached hydrogens (tertiary/aromatic N) is 1. The van der Waals surface area contributed by atoms with Crippen molar-refractivity contribution in [3.63, 3.8) is 0 Å². The highest BCUT2D eigenvalue weighted by molar-refractivity contribution is 5.86. The van der Waals surface area contributed by atoms with Crippen molar-refractivity contribution in [2.24, 2.45) is 5.92 Å². The summed E-state index contributed by atoms with van der Waals surface area (Å²) < 4.78 is 0. The minimum atomic E-state index is -0.0693. The minimum Gasteiger partial charge on any atom is -0.357 e. The first kappa shape index (κ1) is 19.7. The topological polar surface area (TPSA) is 49.4 Å². The lowest BCUT2D eigenvalue weighted by Gasteiger charge is -2.31. The third-order valence-electron chi connectivity index (χ3n) is 4.61. The predicted octanol–water partition coefficient (Wildman–Crippen LogP) is 3.33. The number of nitrogens with one attached hydrogen (secondary N) is 1. The Hall–Kier alpha value is -1.38. The molecule has 0 aromatic carbocycles. The molecule has 0 bridgehead atoms. The Bertz CT molecular complexity index is 484. The second-order valence-corrected chi connectivity index (χ2v) is 6.43. The zero-order valence-corrected chi connectivity index (χ0v) is 15.3. The zero-order chi connectivity index (χ0) is 17.6. The van der Waals surface area contributed by atoms with E-state index < -0.39 is 0 Å². The van der Waals surface area contributed by atoms with E-state index in [1.165, 1.54) is 0 Å². The second-order valence-electron chi connectivity index (χ2n) is 6.43. The van der Waals surface area contributed by atoms with Crippen molar-refractivity contribution in [2.45, 2.75) is 78.4 Å². The number of carbonyl (C=O) groups is 2. The summed E-state index contributed by atoms with van der Waals surface area (Å²) in [5.41, 5.74) is 4.00. The van der Waals surface area contributed by atoms with Crippen LogP contribution in [0, 0.1) is 5.92 Å². The van der Waals surface area contributed by atoms with Gasteiger partial charge in [0.2, 0.25) is 0 Å². The van der Waals surface area contributed by atoms with E-state index in [0.717, 1.165) is 37.9 Å². The normalized spacial score (nSPS) is 26.5. The van der Waals surface area contributed by atoms with E-state index in [4.69, 9.17) is 0 Å². The van der Waals surface area contributed by atoms with Gasteiger partial charge >= 0.3 is 0 Å². The van der Waals surface area contributed by atoms with Gasteiger partial charge in [-0.3, -0.25) is 14.9 Å². The summed E-state index contributed by atoms with van der Waals surface area (Å²) in [6.45, 7) is 14.2. The summed E-state index contributed by atoms with van der Waals surface area (Å²) in [5.74, 6) is 0.515. The average Bonchev–Trinajstić information content (AvgIpc) is 3.19. The number of likely N-dealkylation sites (tertiary alicyclic amines) is 1. The van der Waals surface area contributed by atoms with Gasteiger partial charge in [0.05, 0.1) is 23.8 Å². The number of rotatable bonds is 5. The summed E-state index contributed by atoms with van der Waals surface area (Å²) in [5, 5.41) is 3.36. The summed E-state index contributed by atoms with van der Waals surface area (Å²) >= 11 is 0. The number of Topliss-reactive ketones (excluding diaryl/α,β-unsaturated/α-hetero) is 2. The first-order chi connectivity index (χ1) is 11.0. The van der Waals surface area contributed by atoms with Crippen molar-refractivity contribution in [2.75, 3.05) is 6.54 Å². The van der Waals surface area contributed by atoms with Crippen LogP contribution in [0.4, 0.5) is 0 Å². The monoisotopic (exact) mass is 322 g/mol. The molecule has 0 saturated carbocycles. The van der Waals surface area contributed by atoms with Crippen LogP contribution in [-0.2, 0) is 9.59 Å². The number of ketones is 2. The lowest BCUT2D eigenvalue weighted by atomic mass is 9.99. The molecule has 23 heavy (non-hydrogen) atoms. The van der Waals surface area contributed by atoms with E-state index in [0.29, 0.717) is 5.78 Å². The van der Waals surface area contributed by atoms with Crippen molar-refractivity contribution in [1.82, 2.24) is 10.2 Å². The summed E-state index contributed by atoms with van der Waals surface area (Å²) in [6, 6.07) is -0.0235. The molecule has 2 rings (SSSR count). The molecule has 2 aliphatic heterocycles. The predicted molar refractivity (Wildman–Crippen MR) is 96.3 cm³/mol. The average molecular weight is 322 g/mol. The molecule has 2 saturated heterocycles. The fourth-order valence-corrected chi connectivity index (χ4v) is 3.44. The molecule has 4 heteroatoms. The van der Waals surface area contributed by atoms with E-state index in [9.17, 15) is 9.59 Å². The molecule has 0 aromatic rings.